The molecule has 1 N–H and O–H groups in total. The summed E-state index contributed by atoms with van der Waals surface area (Å²) in [6.07, 6.45) is 0. The fraction of sp³-hybridized carbons (Fsp3) is 0.160. The minimum absolute atomic E-state index is 0.171. The smallest absolute Gasteiger partial charge is 0.247 e. The third kappa shape index (κ3) is 3.19. The van der Waals surface area contributed by atoms with Crippen LogP contribution < -0.4 is 14.8 Å². The van der Waals surface area contributed by atoms with Crippen LogP contribution in [0.4, 0.5) is 5.69 Å². The van der Waals surface area contributed by atoms with Crippen molar-refractivity contribution >= 4 is 44.7 Å². The first-order valence-electron chi connectivity index (χ1n) is 10.3. The molecule has 0 radical (unpaired) electrons. The molecule has 0 saturated carbocycles. The number of aromatic nitrogens is 3. The van der Waals surface area contributed by atoms with E-state index in [1.807, 2.05) is 60.0 Å². The molecule has 2 aromatic heterocycles. The Morgan fingerprint density at radius 3 is 2.34 bits per heavy atom. The van der Waals surface area contributed by atoms with Crippen LogP contribution in [0.2, 0.25) is 0 Å². The van der Waals surface area contributed by atoms with Crippen LogP contribution in [-0.2, 0) is 4.79 Å². The van der Waals surface area contributed by atoms with E-state index in [0.717, 1.165) is 27.5 Å². The zero-order valence-corrected chi connectivity index (χ0v) is 18.0. The van der Waals surface area contributed by atoms with E-state index in [2.05, 4.69) is 5.32 Å². The molecule has 0 fully saturated rings. The molecule has 0 aliphatic rings. The van der Waals surface area contributed by atoms with Gasteiger partial charge in [0, 0.05) is 17.1 Å². The number of rotatable bonds is 5. The monoisotopic (exact) mass is 426 g/mol. The lowest BCUT2D eigenvalue weighted by Gasteiger charge is -2.17. The van der Waals surface area contributed by atoms with E-state index in [0.29, 0.717) is 22.8 Å². The summed E-state index contributed by atoms with van der Waals surface area (Å²) in [6.45, 7) is 1.86. The molecular weight excluding hydrogens is 404 g/mol. The number of hydrogen-bond acceptors (Lipinski definition) is 5. The summed E-state index contributed by atoms with van der Waals surface area (Å²) in [7, 11) is 3.14. The van der Waals surface area contributed by atoms with Crippen molar-refractivity contribution in [2.75, 3.05) is 19.5 Å². The van der Waals surface area contributed by atoms with E-state index in [4.69, 9.17) is 19.4 Å². The summed E-state index contributed by atoms with van der Waals surface area (Å²) in [6, 6.07) is 20.4. The van der Waals surface area contributed by atoms with Gasteiger partial charge in [-0.2, -0.15) is 0 Å². The number of anilines is 1. The highest BCUT2D eigenvalue weighted by Crippen LogP contribution is 2.33. The van der Waals surface area contributed by atoms with Gasteiger partial charge < -0.3 is 19.4 Å². The maximum atomic E-state index is 13.3. The zero-order chi connectivity index (χ0) is 22.2. The van der Waals surface area contributed by atoms with Crippen LogP contribution in [0.15, 0.2) is 66.7 Å². The molecule has 0 bridgehead atoms. The van der Waals surface area contributed by atoms with Gasteiger partial charge in [0.15, 0.2) is 17.1 Å². The molecule has 2 heterocycles. The number of benzene rings is 3. The number of carbonyl (C=O) groups excluding carboxylic acids is 1. The fourth-order valence-electron chi connectivity index (χ4n) is 4.01. The molecular formula is C25H22N4O3. The van der Waals surface area contributed by atoms with Crippen molar-refractivity contribution in [1.82, 2.24) is 14.5 Å². The number of methoxy groups -OCH3 is 2. The third-order valence-electron chi connectivity index (χ3n) is 5.62. The van der Waals surface area contributed by atoms with Gasteiger partial charge in [0.05, 0.1) is 30.8 Å². The lowest BCUT2D eigenvalue weighted by molar-refractivity contribution is -0.118. The second kappa shape index (κ2) is 7.85. The average molecular weight is 426 g/mol. The van der Waals surface area contributed by atoms with E-state index in [-0.39, 0.29) is 5.91 Å². The highest BCUT2D eigenvalue weighted by molar-refractivity contribution is 6.08. The minimum atomic E-state index is -0.527. The van der Waals surface area contributed by atoms with Crippen molar-refractivity contribution in [2.24, 2.45) is 0 Å². The van der Waals surface area contributed by atoms with Crippen LogP contribution >= 0.6 is 0 Å². The molecule has 3 aromatic carbocycles. The number of hydrogen-bond donors (Lipinski definition) is 1. The van der Waals surface area contributed by atoms with Crippen molar-refractivity contribution in [3.63, 3.8) is 0 Å². The zero-order valence-electron chi connectivity index (χ0n) is 18.0. The predicted octanol–water partition coefficient (Wildman–Crippen LogP) is 4.95. The number of nitrogens with one attached hydrogen (secondary N) is 1. The van der Waals surface area contributed by atoms with Crippen molar-refractivity contribution in [3.8, 4) is 11.5 Å². The van der Waals surface area contributed by atoms with E-state index < -0.39 is 6.04 Å². The van der Waals surface area contributed by atoms with E-state index in [1.165, 1.54) is 0 Å². The first-order valence-corrected chi connectivity index (χ1v) is 10.3. The van der Waals surface area contributed by atoms with Crippen LogP contribution in [0, 0.1) is 0 Å². The molecule has 0 aliphatic carbocycles. The molecule has 0 spiro atoms. The molecule has 0 saturated heterocycles. The summed E-state index contributed by atoms with van der Waals surface area (Å²) >= 11 is 0. The summed E-state index contributed by atoms with van der Waals surface area (Å²) in [5.41, 5.74) is 4.61. The van der Waals surface area contributed by atoms with Gasteiger partial charge in [-0.25, -0.2) is 9.97 Å². The predicted molar refractivity (Wildman–Crippen MR) is 125 cm³/mol. The molecule has 32 heavy (non-hydrogen) atoms. The fourth-order valence-corrected chi connectivity index (χ4v) is 4.01. The van der Waals surface area contributed by atoms with Crippen molar-refractivity contribution < 1.29 is 14.3 Å². The van der Waals surface area contributed by atoms with E-state index in [9.17, 15) is 4.79 Å². The number of nitrogens with zero attached hydrogens (tertiary/aromatic N) is 3. The molecule has 0 aliphatic heterocycles. The summed E-state index contributed by atoms with van der Waals surface area (Å²) < 4.78 is 12.6. The molecule has 7 heteroatoms. The van der Waals surface area contributed by atoms with Crippen LogP contribution in [-0.4, -0.2) is 34.7 Å². The number of amides is 1. The molecule has 1 unspecified atom stereocenters. The largest absolute Gasteiger partial charge is 0.493 e. The van der Waals surface area contributed by atoms with Crippen molar-refractivity contribution in [3.05, 3.63) is 66.7 Å². The Kier molecular flexibility index (Phi) is 4.86. The van der Waals surface area contributed by atoms with Gasteiger partial charge in [-0.1, -0.05) is 30.3 Å². The normalized spacial score (nSPS) is 12.2. The molecule has 5 aromatic rings. The highest BCUT2D eigenvalue weighted by atomic mass is 16.5. The van der Waals surface area contributed by atoms with Gasteiger partial charge in [-0.05, 0) is 37.3 Å². The quantitative estimate of drug-likeness (QED) is 0.430. The topological polar surface area (TPSA) is 78.3 Å². The molecule has 7 nitrogen and oxygen atoms in total. The maximum absolute atomic E-state index is 13.3. The third-order valence-corrected chi connectivity index (χ3v) is 5.62. The van der Waals surface area contributed by atoms with Gasteiger partial charge in [0.25, 0.3) is 0 Å². The first-order chi connectivity index (χ1) is 15.6. The molecule has 1 amide bonds. The second-order valence-electron chi connectivity index (χ2n) is 7.51. The van der Waals surface area contributed by atoms with Crippen molar-refractivity contribution in [1.29, 1.82) is 0 Å². The average Bonchev–Trinajstić information content (AvgIpc) is 3.15. The minimum Gasteiger partial charge on any atom is -0.493 e. The number of ether oxygens (including phenoxy) is 2. The van der Waals surface area contributed by atoms with Crippen LogP contribution in [0.3, 0.4) is 0 Å². The second-order valence-corrected chi connectivity index (χ2v) is 7.51. The summed E-state index contributed by atoms with van der Waals surface area (Å²) in [5, 5.41) is 3.94. The Bertz CT molecular complexity index is 1470. The van der Waals surface area contributed by atoms with Crippen LogP contribution in [0.1, 0.15) is 13.0 Å². The van der Waals surface area contributed by atoms with E-state index >= 15 is 0 Å². The van der Waals surface area contributed by atoms with Gasteiger partial charge in [-0.15, -0.1) is 0 Å². The van der Waals surface area contributed by atoms with Gasteiger partial charge in [-0.3, -0.25) is 4.79 Å². The molecule has 5 rings (SSSR count). The molecule has 160 valence electrons. The maximum Gasteiger partial charge on any atom is 0.247 e. The molecule has 1 atom stereocenters. The Morgan fingerprint density at radius 2 is 1.59 bits per heavy atom. The van der Waals surface area contributed by atoms with E-state index in [1.54, 1.807) is 32.4 Å². The van der Waals surface area contributed by atoms with Gasteiger partial charge in [0.1, 0.15) is 11.6 Å². The standard InChI is InChI=1S/C25H22N4O3/c1-15(25(30)26-16-12-13-21(31-2)22(14-16)32-3)29-20-11-7-4-8-17(20)23-24(29)28-19-10-6-5-9-18(19)27-23/h4-15H,1-3H3,(H,26,30). The summed E-state index contributed by atoms with van der Waals surface area (Å²) in [5.74, 6) is 0.977. The first kappa shape index (κ1) is 19.8. The van der Waals surface area contributed by atoms with Crippen molar-refractivity contribution in [2.45, 2.75) is 13.0 Å². The number of para-hydroxylation sites is 3. The Morgan fingerprint density at radius 1 is 0.906 bits per heavy atom. The van der Waals surface area contributed by atoms with Gasteiger partial charge >= 0.3 is 0 Å². The highest BCUT2D eigenvalue weighted by Gasteiger charge is 2.23. The summed E-state index contributed by atoms with van der Waals surface area (Å²) in [4.78, 5) is 23.0. The Labute approximate surface area is 184 Å². The van der Waals surface area contributed by atoms with Crippen LogP contribution in [0.5, 0.6) is 11.5 Å². The lowest BCUT2D eigenvalue weighted by Crippen LogP contribution is -2.23. The Balaban J connectivity index is 1.60. The SMILES string of the molecule is COc1ccc(NC(=O)C(C)n2c3ccccc3c3nc4ccccc4nc32)cc1OC. The van der Waals surface area contributed by atoms with Gasteiger partial charge in [0.2, 0.25) is 5.91 Å². The number of fused-ring (bicyclic) bond motifs is 4. The lowest BCUT2D eigenvalue weighted by atomic mass is 10.2. The van der Waals surface area contributed by atoms with Crippen LogP contribution in [0.25, 0.3) is 33.1 Å². The Hall–Kier alpha value is -4.13. The number of carbonyl (C=O) groups is 1.